The minimum absolute atomic E-state index is 0.163. The summed E-state index contributed by atoms with van der Waals surface area (Å²) in [6.07, 6.45) is 0.163. The molecule has 94 valence electrons. The Morgan fingerprint density at radius 1 is 1.59 bits per heavy atom. The predicted molar refractivity (Wildman–Crippen MR) is 65.5 cm³/mol. The number of rotatable bonds is 6. The lowest BCUT2D eigenvalue weighted by atomic mass is 10.2. The van der Waals surface area contributed by atoms with Crippen LogP contribution < -0.4 is 11.1 Å². The summed E-state index contributed by atoms with van der Waals surface area (Å²) in [5.41, 5.74) is 5.74. The van der Waals surface area contributed by atoms with Crippen molar-refractivity contribution in [2.75, 3.05) is 13.2 Å². The first-order chi connectivity index (χ1) is 8.15. The Bertz CT molecular complexity index is 365. The first kappa shape index (κ1) is 13.7. The second-order valence-electron chi connectivity index (χ2n) is 3.34. The van der Waals surface area contributed by atoms with Crippen molar-refractivity contribution < 1.29 is 14.3 Å². The molecule has 1 aromatic heterocycles. The van der Waals surface area contributed by atoms with Crippen LogP contribution in [-0.4, -0.2) is 25.0 Å². The first-order valence-electron chi connectivity index (χ1n) is 5.37. The summed E-state index contributed by atoms with van der Waals surface area (Å²) in [5.74, 6) is -0.603. The Morgan fingerprint density at radius 2 is 2.35 bits per heavy atom. The van der Waals surface area contributed by atoms with Gasteiger partial charge in [-0.25, -0.2) is 0 Å². The van der Waals surface area contributed by atoms with Crippen LogP contribution in [0, 0.1) is 0 Å². The fraction of sp³-hybridized carbons (Fsp3) is 0.455. The molecule has 0 radical (unpaired) electrons. The lowest BCUT2D eigenvalue weighted by Crippen LogP contribution is -2.35. The van der Waals surface area contributed by atoms with E-state index in [4.69, 9.17) is 10.5 Å². The van der Waals surface area contributed by atoms with Crippen molar-refractivity contribution in [3.8, 4) is 0 Å². The maximum Gasteiger partial charge on any atom is 0.307 e. The molecule has 0 saturated heterocycles. The number of thiophene rings is 1. The monoisotopic (exact) mass is 256 g/mol. The Morgan fingerprint density at radius 3 is 2.94 bits per heavy atom. The van der Waals surface area contributed by atoms with Gasteiger partial charge in [-0.1, -0.05) is 6.07 Å². The van der Waals surface area contributed by atoms with Crippen LogP contribution in [0.15, 0.2) is 17.5 Å². The topological polar surface area (TPSA) is 81.4 Å². The molecule has 1 heterocycles. The van der Waals surface area contributed by atoms with E-state index < -0.39 is 6.04 Å². The average Bonchev–Trinajstić information content (AvgIpc) is 2.81. The zero-order valence-electron chi connectivity index (χ0n) is 9.64. The molecule has 0 aliphatic heterocycles. The van der Waals surface area contributed by atoms with E-state index in [2.05, 4.69) is 5.32 Å². The summed E-state index contributed by atoms with van der Waals surface area (Å²) in [4.78, 5) is 23.4. The highest BCUT2D eigenvalue weighted by atomic mass is 32.1. The smallest absolute Gasteiger partial charge is 0.307 e. The van der Waals surface area contributed by atoms with E-state index in [-0.39, 0.29) is 24.8 Å². The number of amides is 1. The SMILES string of the molecule is CCOC(=O)CCNC(=O)C(N)c1cccs1. The number of esters is 1. The van der Waals surface area contributed by atoms with Gasteiger partial charge >= 0.3 is 5.97 Å². The fourth-order valence-corrected chi connectivity index (χ4v) is 1.95. The summed E-state index contributed by atoms with van der Waals surface area (Å²) >= 11 is 1.43. The largest absolute Gasteiger partial charge is 0.466 e. The summed E-state index contributed by atoms with van der Waals surface area (Å²) in [6.45, 7) is 2.33. The fourth-order valence-electron chi connectivity index (χ4n) is 1.23. The molecule has 0 fully saturated rings. The molecule has 5 nitrogen and oxygen atoms in total. The van der Waals surface area contributed by atoms with Crippen LogP contribution in [-0.2, 0) is 14.3 Å². The van der Waals surface area contributed by atoms with Gasteiger partial charge in [0.15, 0.2) is 0 Å². The van der Waals surface area contributed by atoms with Gasteiger partial charge in [0.25, 0.3) is 0 Å². The van der Waals surface area contributed by atoms with Crippen LogP contribution in [0.2, 0.25) is 0 Å². The van der Waals surface area contributed by atoms with Crippen molar-refractivity contribution in [1.82, 2.24) is 5.32 Å². The van der Waals surface area contributed by atoms with Crippen LogP contribution >= 0.6 is 11.3 Å². The van der Waals surface area contributed by atoms with Crippen LogP contribution in [0.3, 0.4) is 0 Å². The molecule has 1 amide bonds. The van der Waals surface area contributed by atoms with Crippen LogP contribution in [0.4, 0.5) is 0 Å². The highest BCUT2D eigenvalue weighted by Gasteiger charge is 2.16. The molecule has 0 aliphatic rings. The van der Waals surface area contributed by atoms with Gasteiger partial charge in [-0.15, -0.1) is 11.3 Å². The number of nitrogens with one attached hydrogen (secondary N) is 1. The molecule has 1 rings (SSSR count). The maximum absolute atomic E-state index is 11.6. The van der Waals surface area contributed by atoms with Crippen molar-refractivity contribution in [2.45, 2.75) is 19.4 Å². The van der Waals surface area contributed by atoms with E-state index in [1.165, 1.54) is 11.3 Å². The quantitative estimate of drug-likeness (QED) is 0.738. The van der Waals surface area contributed by atoms with Gasteiger partial charge < -0.3 is 15.8 Å². The molecule has 1 atom stereocenters. The van der Waals surface area contributed by atoms with Gasteiger partial charge in [-0.2, -0.15) is 0 Å². The van der Waals surface area contributed by atoms with Gasteiger partial charge in [0.05, 0.1) is 13.0 Å². The Kier molecular flexibility index (Phi) is 5.65. The van der Waals surface area contributed by atoms with Gasteiger partial charge in [-0.05, 0) is 18.4 Å². The lowest BCUT2D eigenvalue weighted by Gasteiger charge is -2.10. The average molecular weight is 256 g/mol. The molecule has 1 unspecified atom stereocenters. The molecular weight excluding hydrogens is 240 g/mol. The minimum atomic E-state index is -0.669. The summed E-state index contributed by atoms with van der Waals surface area (Å²) in [7, 11) is 0. The molecular formula is C11H16N2O3S. The second-order valence-corrected chi connectivity index (χ2v) is 4.32. The Labute approximate surface area is 104 Å². The van der Waals surface area contributed by atoms with Crippen LogP contribution in [0.5, 0.6) is 0 Å². The van der Waals surface area contributed by atoms with Gasteiger partial charge in [-0.3, -0.25) is 9.59 Å². The van der Waals surface area contributed by atoms with Crippen LogP contribution in [0.25, 0.3) is 0 Å². The second kappa shape index (κ2) is 7.03. The summed E-state index contributed by atoms with van der Waals surface area (Å²) < 4.78 is 4.74. The van der Waals surface area contributed by atoms with Crippen molar-refractivity contribution in [3.63, 3.8) is 0 Å². The van der Waals surface area contributed by atoms with E-state index in [0.717, 1.165) is 4.88 Å². The zero-order chi connectivity index (χ0) is 12.7. The standard InChI is InChI=1S/C11H16N2O3S/c1-2-16-9(14)5-6-13-11(15)10(12)8-4-3-7-17-8/h3-4,7,10H,2,5-6,12H2,1H3,(H,13,15). The van der Waals surface area contributed by atoms with Crippen LogP contribution in [0.1, 0.15) is 24.3 Å². The molecule has 3 N–H and O–H groups in total. The van der Waals surface area contributed by atoms with E-state index >= 15 is 0 Å². The van der Waals surface area contributed by atoms with E-state index in [1.807, 2.05) is 11.4 Å². The number of nitrogens with two attached hydrogens (primary N) is 1. The number of carbonyl (C=O) groups is 2. The molecule has 1 aromatic rings. The van der Waals surface area contributed by atoms with Crippen molar-refractivity contribution >= 4 is 23.2 Å². The van der Waals surface area contributed by atoms with Gasteiger partial charge in [0.2, 0.25) is 5.91 Å². The number of hydrogen-bond donors (Lipinski definition) is 2. The highest BCUT2D eigenvalue weighted by Crippen LogP contribution is 2.16. The third-order valence-electron chi connectivity index (χ3n) is 2.07. The van der Waals surface area contributed by atoms with E-state index in [9.17, 15) is 9.59 Å². The number of hydrogen-bond acceptors (Lipinski definition) is 5. The van der Waals surface area contributed by atoms with Gasteiger partial charge in [0, 0.05) is 11.4 Å². The molecule has 17 heavy (non-hydrogen) atoms. The zero-order valence-corrected chi connectivity index (χ0v) is 10.5. The summed E-state index contributed by atoms with van der Waals surface area (Å²) in [6, 6.07) is 2.98. The van der Waals surface area contributed by atoms with Crippen molar-refractivity contribution in [3.05, 3.63) is 22.4 Å². The number of ether oxygens (including phenoxy) is 1. The Hall–Kier alpha value is -1.40. The summed E-state index contributed by atoms with van der Waals surface area (Å²) in [5, 5.41) is 4.46. The Balaban J connectivity index is 2.28. The third-order valence-corrected chi connectivity index (χ3v) is 3.02. The molecule has 0 saturated carbocycles. The maximum atomic E-state index is 11.6. The minimum Gasteiger partial charge on any atom is -0.466 e. The first-order valence-corrected chi connectivity index (χ1v) is 6.25. The molecule has 0 spiro atoms. The molecule has 0 aromatic carbocycles. The molecule has 6 heteroatoms. The highest BCUT2D eigenvalue weighted by molar-refractivity contribution is 7.10. The normalized spacial score (nSPS) is 11.9. The predicted octanol–water partition coefficient (Wildman–Crippen LogP) is 0.817. The number of carbonyl (C=O) groups excluding carboxylic acids is 2. The van der Waals surface area contributed by atoms with Crippen molar-refractivity contribution in [1.29, 1.82) is 0 Å². The molecule has 0 bridgehead atoms. The van der Waals surface area contributed by atoms with E-state index in [0.29, 0.717) is 6.61 Å². The molecule has 0 aliphatic carbocycles. The van der Waals surface area contributed by atoms with Gasteiger partial charge in [0.1, 0.15) is 6.04 Å². The third kappa shape index (κ3) is 4.54. The van der Waals surface area contributed by atoms with E-state index in [1.54, 1.807) is 13.0 Å². The lowest BCUT2D eigenvalue weighted by molar-refractivity contribution is -0.143. The van der Waals surface area contributed by atoms with Crippen molar-refractivity contribution in [2.24, 2.45) is 5.73 Å².